The van der Waals surface area contributed by atoms with E-state index in [2.05, 4.69) is 15.4 Å². The summed E-state index contributed by atoms with van der Waals surface area (Å²) in [6.07, 6.45) is -2.58. The van der Waals surface area contributed by atoms with Gasteiger partial charge in [-0.3, -0.25) is 9.59 Å². The van der Waals surface area contributed by atoms with Crippen molar-refractivity contribution in [1.82, 2.24) is 19.9 Å². The highest BCUT2D eigenvalue weighted by Crippen LogP contribution is 2.29. The van der Waals surface area contributed by atoms with Crippen LogP contribution in [-0.4, -0.2) is 43.2 Å². The lowest BCUT2D eigenvalue weighted by Crippen LogP contribution is -2.30. The summed E-state index contributed by atoms with van der Waals surface area (Å²) in [4.78, 5) is 26.7. The van der Waals surface area contributed by atoms with Gasteiger partial charge in [-0.05, 0) is 30.5 Å². The second-order valence-corrected chi connectivity index (χ2v) is 6.16. The molecule has 160 valence electrons. The van der Waals surface area contributed by atoms with Crippen LogP contribution in [0.5, 0.6) is 5.75 Å². The summed E-state index contributed by atoms with van der Waals surface area (Å²) in [6, 6.07) is 6.02. The number of nitrogens with one attached hydrogen (secondary N) is 1. The highest BCUT2D eigenvalue weighted by Gasteiger charge is 2.30. The van der Waals surface area contributed by atoms with E-state index in [0.717, 1.165) is 12.1 Å². The van der Waals surface area contributed by atoms with Gasteiger partial charge in [0.2, 0.25) is 0 Å². The fourth-order valence-electron chi connectivity index (χ4n) is 2.80. The van der Waals surface area contributed by atoms with Crippen LogP contribution in [0.25, 0.3) is 5.65 Å². The van der Waals surface area contributed by atoms with Gasteiger partial charge in [-0.1, -0.05) is 12.1 Å². The molecule has 3 N–H and O–H groups in total. The number of nitrogens with zero attached hydrogens (tertiary/aromatic N) is 3. The maximum absolute atomic E-state index is 12.6. The first-order valence-electron chi connectivity index (χ1n) is 8.37. The molecule has 0 aliphatic carbocycles. The summed E-state index contributed by atoms with van der Waals surface area (Å²) in [5.41, 5.74) is 0.199. The molecular weight excluding hydrogens is 429 g/mol. The van der Waals surface area contributed by atoms with Gasteiger partial charge >= 0.3 is 12.1 Å². The first-order valence-corrected chi connectivity index (χ1v) is 8.37. The Hall–Kier alpha value is -3.34. The van der Waals surface area contributed by atoms with Gasteiger partial charge in [0.15, 0.2) is 5.65 Å². The molecule has 2 heterocycles. The average molecular weight is 445 g/mol. The normalized spacial score (nSPS) is 11.2. The Morgan fingerprint density at radius 1 is 1.13 bits per heavy atom. The first-order chi connectivity index (χ1) is 13.7. The molecule has 2 aromatic heterocycles. The number of hydrogen-bond donors (Lipinski definition) is 3. The number of aromatic hydroxyl groups is 1. The predicted molar refractivity (Wildman–Crippen MR) is 101 cm³/mol. The van der Waals surface area contributed by atoms with Gasteiger partial charge in [-0.2, -0.15) is 18.3 Å². The molecule has 0 bridgehead atoms. The molecule has 0 radical (unpaired) electrons. The Morgan fingerprint density at radius 3 is 2.40 bits per heavy atom. The van der Waals surface area contributed by atoms with Crippen molar-refractivity contribution in [3.8, 4) is 5.75 Å². The van der Waals surface area contributed by atoms with E-state index in [-0.39, 0.29) is 23.6 Å². The Morgan fingerprint density at radius 2 is 1.80 bits per heavy atom. The molecule has 3 aromatic rings. The number of halogens is 4. The van der Waals surface area contributed by atoms with Crippen molar-refractivity contribution < 1.29 is 33.0 Å². The van der Waals surface area contributed by atoms with Gasteiger partial charge in [-0.25, -0.2) is 9.50 Å². The van der Waals surface area contributed by atoms with Gasteiger partial charge < -0.3 is 15.5 Å². The lowest BCUT2D eigenvalue weighted by molar-refractivity contribution is -0.138. The zero-order valence-electron chi connectivity index (χ0n) is 15.2. The minimum Gasteiger partial charge on any atom is -0.507 e. The van der Waals surface area contributed by atoms with Crippen LogP contribution in [0.4, 0.5) is 13.2 Å². The molecule has 1 amide bonds. The van der Waals surface area contributed by atoms with Gasteiger partial charge in [0.25, 0.3) is 5.91 Å². The number of rotatable bonds is 6. The van der Waals surface area contributed by atoms with Crippen molar-refractivity contribution in [3.63, 3.8) is 0 Å². The SMILES string of the molecule is Cl.O=C(O)CNC(=O)c1c(O)cc(CCc2ccc(C(F)(F)F)cc2)n2ncnc12. The van der Waals surface area contributed by atoms with Gasteiger partial charge in [0.1, 0.15) is 24.2 Å². The van der Waals surface area contributed by atoms with Crippen LogP contribution in [-0.2, 0) is 23.8 Å². The van der Waals surface area contributed by atoms with E-state index in [0.29, 0.717) is 24.1 Å². The number of hydrogen-bond acceptors (Lipinski definition) is 5. The maximum Gasteiger partial charge on any atom is 0.416 e. The number of aromatic nitrogens is 3. The number of alkyl halides is 3. The molecule has 12 heteroatoms. The van der Waals surface area contributed by atoms with Crippen LogP contribution >= 0.6 is 12.4 Å². The summed E-state index contributed by atoms with van der Waals surface area (Å²) in [7, 11) is 0. The highest BCUT2D eigenvalue weighted by molar-refractivity contribution is 6.03. The number of benzene rings is 1. The van der Waals surface area contributed by atoms with Crippen molar-refractivity contribution in [2.45, 2.75) is 19.0 Å². The lowest BCUT2D eigenvalue weighted by atomic mass is 10.0. The molecule has 0 aliphatic rings. The third-order valence-corrected chi connectivity index (χ3v) is 4.18. The van der Waals surface area contributed by atoms with E-state index >= 15 is 0 Å². The number of aliphatic carboxylic acids is 1. The Balaban J connectivity index is 0.00000320. The minimum atomic E-state index is -4.41. The van der Waals surface area contributed by atoms with Crippen LogP contribution in [0, 0.1) is 0 Å². The van der Waals surface area contributed by atoms with E-state index in [1.54, 1.807) is 0 Å². The zero-order chi connectivity index (χ0) is 21.2. The van der Waals surface area contributed by atoms with Gasteiger partial charge in [-0.15, -0.1) is 12.4 Å². The summed E-state index contributed by atoms with van der Waals surface area (Å²) >= 11 is 0. The van der Waals surface area contributed by atoms with Crippen LogP contribution in [0.1, 0.15) is 27.2 Å². The molecule has 3 rings (SSSR count). The summed E-state index contributed by atoms with van der Waals surface area (Å²) in [6.45, 7) is -0.631. The Bertz CT molecular complexity index is 1070. The van der Waals surface area contributed by atoms with E-state index < -0.39 is 35.9 Å². The number of pyridine rings is 1. The molecule has 1 aromatic carbocycles. The van der Waals surface area contributed by atoms with Crippen molar-refractivity contribution >= 4 is 29.9 Å². The monoisotopic (exact) mass is 444 g/mol. The highest BCUT2D eigenvalue weighted by atomic mass is 35.5. The largest absolute Gasteiger partial charge is 0.507 e. The quantitative estimate of drug-likeness (QED) is 0.538. The fraction of sp³-hybridized carbons (Fsp3) is 0.222. The molecule has 0 saturated heterocycles. The molecule has 30 heavy (non-hydrogen) atoms. The summed E-state index contributed by atoms with van der Waals surface area (Å²) in [5, 5.41) is 25.1. The van der Waals surface area contributed by atoms with Gasteiger partial charge in [0, 0.05) is 11.8 Å². The molecule has 0 unspecified atom stereocenters. The Labute approximate surface area is 173 Å². The first kappa shape index (κ1) is 22.9. The molecule has 0 fully saturated rings. The molecule has 0 atom stereocenters. The number of aryl methyl sites for hydroxylation is 2. The topological polar surface area (TPSA) is 117 Å². The summed E-state index contributed by atoms with van der Waals surface area (Å²) in [5.74, 6) is -2.48. The smallest absolute Gasteiger partial charge is 0.416 e. The number of carbonyl (C=O) groups is 2. The molecular formula is C18H16ClF3N4O4. The van der Waals surface area contributed by atoms with E-state index in [9.17, 15) is 27.9 Å². The zero-order valence-corrected chi connectivity index (χ0v) is 16.0. The lowest BCUT2D eigenvalue weighted by Gasteiger charge is -2.11. The van der Waals surface area contributed by atoms with Crippen LogP contribution in [0.3, 0.4) is 0 Å². The summed E-state index contributed by atoms with van der Waals surface area (Å²) < 4.78 is 39.3. The second-order valence-electron chi connectivity index (χ2n) is 6.16. The molecule has 0 aliphatic heterocycles. The van der Waals surface area contributed by atoms with E-state index in [1.165, 1.54) is 29.0 Å². The predicted octanol–water partition coefficient (Wildman–Crippen LogP) is 2.48. The van der Waals surface area contributed by atoms with Crippen LogP contribution in [0.15, 0.2) is 36.7 Å². The average Bonchev–Trinajstić information content (AvgIpc) is 3.13. The fourth-order valence-corrected chi connectivity index (χ4v) is 2.80. The molecule has 0 saturated carbocycles. The number of carboxylic acids is 1. The molecule has 0 spiro atoms. The number of amides is 1. The third-order valence-electron chi connectivity index (χ3n) is 4.18. The third kappa shape index (κ3) is 4.98. The Kier molecular flexibility index (Phi) is 6.88. The van der Waals surface area contributed by atoms with Gasteiger partial charge in [0.05, 0.1) is 5.56 Å². The number of carbonyl (C=O) groups excluding carboxylic acids is 1. The maximum atomic E-state index is 12.6. The van der Waals surface area contributed by atoms with Crippen molar-refractivity contribution in [2.24, 2.45) is 0 Å². The second kappa shape index (κ2) is 8.99. The van der Waals surface area contributed by atoms with Crippen molar-refractivity contribution in [1.29, 1.82) is 0 Å². The van der Waals surface area contributed by atoms with E-state index in [1.807, 2.05) is 0 Å². The minimum absolute atomic E-state index is 0. The van der Waals surface area contributed by atoms with Crippen LogP contribution < -0.4 is 5.32 Å². The van der Waals surface area contributed by atoms with Crippen LogP contribution in [0.2, 0.25) is 0 Å². The number of carboxylic acid groups (broad SMARTS) is 1. The van der Waals surface area contributed by atoms with Crippen molar-refractivity contribution in [2.75, 3.05) is 6.54 Å². The standard InChI is InChI=1S/C18H15F3N4O4.ClH/c19-18(20,21)11-4-1-10(2-5-11)3-6-12-7-13(26)15(16-23-9-24-25(12)16)17(29)22-8-14(27)28;/h1-2,4-5,7,9,26H,3,6,8H2,(H,22,29)(H,27,28);1H. The van der Waals surface area contributed by atoms with Crippen molar-refractivity contribution in [3.05, 3.63) is 59.0 Å². The van der Waals surface area contributed by atoms with E-state index in [4.69, 9.17) is 5.11 Å². The molecule has 8 nitrogen and oxygen atoms in total. The number of fused-ring (bicyclic) bond motifs is 1.